The third-order valence-corrected chi connectivity index (χ3v) is 6.67. The normalized spacial score (nSPS) is 24.3. The Labute approximate surface area is 164 Å². The molecular weight excluding hydrogens is 342 g/mol. The van der Waals surface area contributed by atoms with Gasteiger partial charge in [0, 0.05) is 19.5 Å². The summed E-state index contributed by atoms with van der Waals surface area (Å²) in [6, 6.07) is 0. The molecule has 6 heteroatoms. The Balaban J connectivity index is 1.25. The quantitative estimate of drug-likeness (QED) is 0.500. The molecule has 27 heavy (non-hydrogen) atoms. The number of esters is 1. The Morgan fingerprint density at radius 1 is 1.00 bits per heavy atom. The molecular formula is C21H37N3O3. The second-order valence-electron chi connectivity index (χ2n) is 8.67. The van der Waals surface area contributed by atoms with E-state index >= 15 is 0 Å². The van der Waals surface area contributed by atoms with Crippen molar-refractivity contribution in [1.29, 1.82) is 0 Å². The highest BCUT2D eigenvalue weighted by Crippen LogP contribution is 2.32. The predicted molar refractivity (Wildman–Crippen MR) is 105 cm³/mol. The summed E-state index contributed by atoms with van der Waals surface area (Å²) in [6.45, 7) is 6.94. The molecule has 3 saturated heterocycles. The number of piperidine rings is 3. The average Bonchev–Trinajstić information content (AvgIpc) is 2.68. The highest BCUT2D eigenvalue weighted by atomic mass is 16.5. The second kappa shape index (κ2) is 10.4. The fourth-order valence-corrected chi connectivity index (χ4v) is 4.85. The Hall–Kier alpha value is -1.14. The van der Waals surface area contributed by atoms with E-state index in [2.05, 4.69) is 16.8 Å². The molecule has 0 unspecified atom stereocenters. The largest absolute Gasteiger partial charge is 0.465 e. The Morgan fingerprint density at radius 2 is 1.67 bits per heavy atom. The maximum Gasteiger partial charge on any atom is 0.320 e. The van der Waals surface area contributed by atoms with Crippen molar-refractivity contribution in [3.8, 4) is 0 Å². The van der Waals surface area contributed by atoms with Crippen molar-refractivity contribution in [2.75, 3.05) is 59.5 Å². The Bertz CT molecular complexity index is 483. The number of amides is 1. The molecule has 1 amide bonds. The summed E-state index contributed by atoms with van der Waals surface area (Å²) >= 11 is 0. The molecule has 0 aliphatic carbocycles. The van der Waals surface area contributed by atoms with Crippen LogP contribution < -0.4 is 0 Å². The molecule has 0 saturated carbocycles. The topological polar surface area (TPSA) is 53.1 Å². The van der Waals surface area contributed by atoms with E-state index in [0.717, 1.165) is 50.7 Å². The van der Waals surface area contributed by atoms with Crippen molar-refractivity contribution in [3.05, 3.63) is 0 Å². The van der Waals surface area contributed by atoms with Crippen LogP contribution in [0.5, 0.6) is 0 Å². The zero-order valence-corrected chi connectivity index (χ0v) is 17.0. The summed E-state index contributed by atoms with van der Waals surface area (Å²) in [5, 5.41) is 0. The van der Waals surface area contributed by atoms with Gasteiger partial charge in [0.1, 0.15) is 0 Å². The van der Waals surface area contributed by atoms with Gasteiger partial charge in [-0.1, -0.05) is 0 Å². The summed E-state index contributed by atoms with van der Waals surface area (Å²) in [5.74, 6) is 1.86. The van der Waals surface area contributed by atoms with Gasteiger partial charge in [-0.05, 0) is 90.0 Å². The molecule has 0 atom stereocenters. The molecule has 3 fully saturated rings. The lowest BCUT2D eigenvalue weighted by Crippen LogP contribution is -2.42. The molecule has 6 nitrogen and oxygen atoms in total. The van der Waals surface area contributed by atoms with Crippen molar-refractivity contribution < 1.29 is 14.3 Å². The second-order valence-corrected chi connectivity index (χ2v) is 8.67. The molecule has 3 rings (SSSR count). The number of carbonyl (C=O) groups is 2. The van der Waals surface area contributed by atoms with Crippen LogP contribution in [-0.4, -0.2) is 86.0 Å². The lowest BCUT2D eigenvalue weighted by atomic mass is 9.79. The van der Waals surface area contributed by atoms with Crippen LogP contribution in [0.3, 0.4) is 0 Å². The van der Waals surface area contributed by atoms with Crippen LogP contribution in [0.1, 0.15) is 51.4 Å². The number of likely N-dealkylation sites (tertiary alicyclic amines) is 3. The summed E-state index contributed by atoms with van der Waals surface area (Å²) in [5.41, 5.74) is 0. The van der Waals surface area contributed by atoms with E-state index in [1.54, 1.807) is 0 Å². The first-order chi connectivity index (χ1) is 13.1. The first-order valence-electron chi connectivity index (χ1n) is 11.0. The van der Waals surface area contributed by atoms with Gasteiger partial charge in [-0.3, -0.25) is 14.5 Å². The molecule has 154 valence electrons. The number of ether oxygens (including phenoxy) is 1. The highest BCUT2D eigenvalue weighted by molar-refractivity contribution is 5.76. The fourth-order valence-electron chi connectivity index (χ4n) is 4.85. The third-order valence-electron chi connectivity index (χ3n) is 6.67. The van der Waals surface area contributed by atoms with E-state index < -0.39 is 0 Å². The number of hydrogen-bond acceptors (Lipinski definition) is 5. The van der Waals surface area contributed by atoms with Crippen molar-refractivity contribution in [3.63, 3.8) is 0 Å². The van der Waals surface area contributed by atoms with Crippen LogP contribution >= 0.6 is 0 Å². The standard InChI is InChI=1S/C21H37N3O3/c1-22-12-6-18(7-13-22)19-8-14-23(15-9-19)17-21(26)27-16-4-11-24-10-3-2-5-20(24)25/h18-19H,2-17H2,1H3. The zero-order chi connectivity index (χ0) is 19.1. The van der Waals surface area contributed by atoms with Gasteiger partial charge >= 0.3 is 5.97 Å². The molecule has 0 spiro atoms. The summed E-state index contributed by atoms with van der Waals surface area (Å²) in [7, 11) is 2.22. The van der Waals surface area contributed by atoms with Gasteiger partial charge in [0.05, 0.1) is 13.2 Å². The maximum absolute atomic E-state index is 12.1. The van der Waals surface area contributed by atoms with Crippen LogP contribution in [-0.2, 0) is 14.3 Å². The number of carbonyl (C=O) groups excluding carboxylic acids is 2. The van der Waals surface area contributed by atoms with Gasteiger partial charge in [-0.25, -0.2) is 0 Å². The van der Waals surface area contributed by atoms with E-state index in [0.29, 0.717) is 26.1 Å². The third kappa shape index (κ3) is 6.46. The molecule has 3 aliphatic heterocycles. The molecule has 3 heterocycles. The first kappa shape index (κ1) is 20.6. The van der Waals surface area contributed by atoms with E-state index in [1.165, 1.54) is 38.8 Å². The highest BCUT2D eigenvalue weighted by Gasteiger charge is 2.29. The predicted octanol–water partition coefficient (Wildman–Crippen LogP) is 1.99. The molecule has 3 aliphatic rings. The van der Waals surface area contributed by atoms with Gasteiger partial charge in [-0.15, -0.1) is 0 Å². The Kier molecular flexibility index (Phi) is 7.94. The fraction of sp³-hybridized carbons (Fsp3) is 0.905. The molecule has 0 bridgehead atoms. The minimum atomic E-state index is -0.113. The average molecular weight is 380 g/mol. The summed E-state index contributed by atoms with van der Waals surface area (Å²) in [6.07, 6.45) is 8.64. The molecule has 0 aromatic carbocycles. The lowest BCUT2D eigenvalue weighted by Gasteiger charge is -2.39. The lowest BCUT2D eigenvalue weighted by molar-refractivity contribution is -0.145. The monoisotopic (exact) mass is 379 g/mol. The number of hydrogen-bond donors (Lipinski definition) is 0. The minimum absolute atomic E-state index is 0.113. The van der Waals surface area contributed by atoms with Crippen molar-refractivity contribution in [2.24, 2.45) is 11.8 Å². The number of nitrogens with zero attached hydrogens (tertiary/aromatic N) is 3. The van der Waals surface area contributed by atoms with Crippen LogP contribution in [0, 0.1) is 11.8 Å². The zero-order valence-electron chi connectivity index (χ0n) is 17.0. The Morgan fingerprint density at radius 3 is 2.33 bits per heavy atom. The van der Waals surface area contributed by atoms with E-state index in [9.17, 15) is 9.59 Å². The number of rotatable bonds is 7. The van der Waals surface area contributed by atoms with Crippen LogP contribution in [0.4, 0.5) is 0 Å². The van der Waals surface area contributed by atoms with Crippen LogP contribution in [0.15, 0.2) is 0 Å². The smallest absolute Gasteiger partial charge is 0.320 e. The van der Waals surface area contributed by atoms with Crippen molar-refractivity contribution >= 4 is 11.9 Å². The van der Waals surface area contributed by atoms with Gasteiger partial charge in [0.2, 0.25) is 5.91 Å². The van der Waals surface area contributed by atoms with E-state index in [-0.39, 0.29) is 11.9 Å². The van der Waals surface area contributed by atoms with Crippen LogP contribution in [0.2, 0.25) is 0 Å². The minimum Gasteiger partial charge on any atom is -0.465 e. The SMILES string of the molecule is CN1CCC(C2CCN(CC(=O)OCCCN3CCCCC3=O)CC2)CC1. The first-order valence-corrected chi connectivity index (χ1v) is 11.0. The molecule has 0 radical (unpaired) electrons. The van der Waals surface area contributed by atoms with Gasteiger partial charge in [0.25, 0.3) is 0 Å². The summed E-state index contributed by atoms with van der Waals surface area (Å²) in [4.78, 5) is 30.4. The van der Waals surface area contributed by atoms with Gasteiger partial charge < -0.3 is 14.5 Å². The molecule has 0 aromatic rings. The van der Waals surface area contributed by atoms with Crippen LogP contribution in [0.25, 0.3) is 0 Å². The van der Waals surface area contributed by atoms with E-state index in [1.807, 2.05) is 4.90 Å². The molecule has 0 aromatic heterocycles. The van der Waals surface area contributed by atoms with E-state index in [4.69, 9.17) is 4.74 Å². The summed E-state index contributed by atoms with van der Waals surface area (Å²) < 4.78 is 5.40. The molecule has 0 N–H and O–H groups in total. The van der Waals surface area contributed by atoms with Crippen molar-refractivity contribution in [2.45, 2.75) is 51.4 Å². The van der Waals surface area contributed by atoms with Crippen molar-refractivity contribution in [1.82, 2.24) is 14.7 Å². The van der Waals surface area contributed by atoms with Gasteiger partial charge in [-0.2, -0.15) is 0 Å². The maximum atomic E-state index is 12.1. The van der Waals surface area contributed by atoms with Gasteiger partial charge in [0.15, 0.2) is 0 Å².